The summed E-state index contributed by atoms with van der Waals surface area (Å²) in [6.07, 6.45) is 6.84. The van der Waals surface area contributed by atoms with E-state index in [0.717, 1.165) is 36.4 Å². The van der Waals surface area contributed by atoms with E-state index in [-0.39, 0.29) is 5.91 Å². The van der Waals surface area contributed by atoms with Crippen molar-refractivity contribution in [1.82, 2.24) is 24.6 Å². The Hall–Kier alpha value is -2.87. The molecule has 1 atom stereocenters. The molecule has 0 bridgehead atoms. The summed E-state index contributed by atoms with van der Waals surface area (Å²) < 4.78 is 7.55. The van der Waals surface area contributed by atoms with Crippen molar-refractivity contribution in [2.75, 3.05) is 18.9 Å². The first kappa shape index (κ1) is 21.4. The van der Waals surface area contributed by atoms with E-state index in [1.807, 2.05) is 52.8 Å². The van der Waals surface area contributed by atoms with Gasteiger partial charge in [-0.05, 0) is 69.5 Å². The van der Waals surface area contributed by atoms with Crippen LogP contribution in [-0.2, 0) is 4.79 Å². The lowest BCUT2D eigenvalue weighted by molar-refractivity contribution is -0.131. The third-order valence-corrected chi connectivity index (χ3v) is 6.32. The Bertz CT molecular complexity index is 1010. The Kier molecular flexibility index (Phi) is 6.86. The van der Waals surface area contributed by atoms with E-state index in [0.29, 0.717) is 29.4 Å². The highest BCUT2D eigenvalue weighted by molar-refractivity contribution is 7.99. The monoisotopic (exact) mass is 437 g/mol. The van der Waals surface area contributed by atoms with Crippen LogP contribution in [0.1, 0.15) is 33.1 Å². The summed E-state index contributed by atoms with van der Waals surface area (Å²) >= 11 is 1.42. The van der Waals surface area contributed by atoms with Crippen LogP contribution >= 0.6 is 11.8 Å². The highest BCUT2D eigenvalue weighted by Crippen LogP contribution is 2.29. The summed E-state index contributed by atoms with van der Waals surface area (Å²) in [5.74, 6) is 2.00. The largest absolute Gasteiger partial charge is 0.494 e. The average Bonchev–Trinajstić information content (AvgIpc) is 3.23. The third-order valence-electron chi connectivity index (χ3n) is 5.41. The quantitative estimate of drug-likeness (QED) is 0.515. The summed E-state index contributed by atoms with van der Waals surface area (Å²) in [5.41, 5.74) is 1.78. The number of pyridine rings is 1. The molecule has 1 aromatic carbocycles. The van der Waals surface area contributed by atoms with Gasteiger partial charge in [0.1, 0.15) is 5.75 Å². The molecule has 1 fully saturated rings. The van der Waals surface area contributed by atoms with Gasteiger partial charge in [0, 0.05) is 36.2 Å². The van der Waals surface area contributed by atoms with E-state index in [1.54, 1.807) is 12.4 Å². The number of benzene rings is 1. The Labute approximate surface area is 186 Å². The number of piperidine rings is 1. The van der Waals surface area contributed by atoms with Gasteiger partial charge in [0.25, 0.3) is 0 Å². The molecule has 2 aromatic heterocycles. The molecular formula is C23H27N5O2S. The average molecular weight is 438 g/mol. The minimum Gasteiger partial charge on any atom is -0.494 e. The molecule has 1 amide bonds. The standard InChI is InChI=1S/C23H27N5O2S/c1-3-30-20-11-9-19(10-12-20)28-22(18-8-6-13-24-15-18)25-26-23(28)31-16-21(29)27-14-5-4-7-17(27)2/h6,8-13,15,17H,3-5,7,14,16H2,1-2H3/t17-/m0/s1. The van der Waals surface area contributed by atoms with Crippen molar-refractivity contribution in [3.63, 3.8) is 0 Å². The fourth-order valence-electron chi connectivity index (χ4n) is 3.81. The van der Waals surface area contributed by atoms with Crippen LogP contribution in [0, 0.1) is 0 Å². The SMILES string of the molecule is CCOc1ccc(-n2c(SCC(=O)N3CCCC[C@@H]3C)nnc2-c2cccnc2)cc1. The van der Waals surface area contributed by atoms with E-state index in [4.69, 9.17) is 4.74 Å². The Morgan fingerprint density at radius 2 is 2.03 bits per heavy atom. The lowest BCUT2D eigenvalue weighted by Crippen LogP contribution is -2.42. The lowest BCUT2D eigenvalue weighted by atomic mass is 10.0. The number of rotatable bonds is 7. The van der Waals surface area contributed by atoms with Crippen molar-refractivity contribution in [1.29, 1.82) is 0 Å². The molecule has 0 radical (unpaired) electrons. The fourth-order valence-corrected chi connectivity index (χ4v) is 4.65. The number of thioether (sulfide) groups is 1. The maximum absolute atomic E-state index is 12.8. The topological polar surface area (TPSA) is 73.1 Å². The van der Waals surface area contributed by atoms with Crippen LogP contribution in [0.2, 0.25) is 0 Å². The van der Waals surface area contributed by atoms with Crippen molar-refractivity contribution in [2.45, 2.75) is 44.3 Å². The Morgan fingerprint density at radius 1 is 1.19 bits per heavy atom. The van der Waals surface area contributed by atoms with Gasteiger partial charge in [0.2, 0.25) is 5.91 Å². The molecule has 1 aliphatic heterocycles. The second-order valence-electron chi connectivity index (χ2n) is 7.53. The third kappa shape index (κ3) is 4.90. The van der Waals surface area contributed by atoms with E-state index in [2.05, 4.69) is 22.1 Å². The summed E-state index contributed by atoms with van der Waals surface area (Å²) in [7, 11) is 0. The van der Waals surface area contributed by atoms with E-state index in [1.165, 1.54) is 18.2 Å². The van der Waals surface area contributed by atoms with Crippen LogP contribution in [-0.4, -0.2) is 55.5 Å². The number of amides is 1. The van der Waals surface area contributed by atoms with Gasteiger partial charge in [-0.1, -0.05) is 11.8 Å². The van der Waals surface area contributed by atoms with Gasteiger partial charge in [-0.2, -0.15) is 0 Å². The minimum atomic E-state index is 0.154. The molecule has 31 heavy (non-hydrogen) atoms. The van der Waals surface area contributed by atoms with Crippen molar-refractivity contribution in [3.8, 4) is 22.8 Å². The van der Waals surface area contributed by atoms with Crippen LogP contribution in [0.15, 0.2) is 53.9 Å². The van der Waals surface area contributed by atoms with Crippen LogP contribution in [0.25, 0.3) is 17.1 Å². The molecule has 0 aliphatic carbocycles. The van der Waals surface area contributed by atoms with E-state index in [9.17, 15) is 4.79 Å². The van der Waals surface area contributed by atoms with Gasteiger partial charge < -0.3 is 9.64 Å². The first-order valence-electron chi connectivity index (χ1n) is 10.7. The molecule has 1 saturated heterocycles. The smallest absolute Gasteiger partial charge is 0.233 e. The van der Waals surface area contributed by atoms with Crippen molar-refractivity contribution < 1.29 is 9.53 Å². The van der Waals surface area contributed by atoms with Gasteiger partial charge in [0.15, 0.2) is 11.0 Å². The molecule has 0 N–H and O–H groups in total. The maximum atomic E-state index is 12.8. The number of hydrogen-bond acceptors (Lipinski definition) is 6. The predicted molar refractivity (Wildman–Crippen MR) is 122 cm³/mol. The number of carbonyl (C=O) groups excluding carboxylic acids is 1. The zero-order chi connectivity index (χ0) is 21.6. The highest BCUT2D eigenvalue weighted by atomic mass is 32.2. The number of likely N-dealkylation sites (tertiary alicyclic amines) is 1. The zero-order valence-corrected chi connectivity index (χ0v) is 18.7. The lowest BCUT2D eigenvalue weighted by Gasteiger charge is -2.33. The van der Waals surface area contributed by atoms with Gasteiger partial charge >= 0.3 is 0 Å². The molecule has 162 valence electrons. The Morgan fingerprint density at radius 3 is 2.74 bits per heavy atom. The first-order valence-corrected chi connectivity index (χ1v) is 11.7. The molecule has 8 heteroatoms. The number of ether oxygens (including phenoxy) is 1. The molecule has 4 rings (SSSR count). The molecule has 0 saturated carbocycles. The fraction of sp³-hybridized carbons (Fsp3) is 0.391. The highest BCUT2D eigenvalue weighted by Gasteiger charge is 2.24. The molecule has 0 spiro atoms. The summed E-state index contributed by atoms with van der Waals surface area (Å²) in [5, 5.41) is 9.51. The zero-order valence-electron chi connectivity index (χ0n) is 17.9. The number of aromatic nitrogens is 4. The van der Waals surface area contributed by atoms with Gasteiger partial charge in [-0.3, -0.25) is 14.3 Å². The van der Waals surface area contributed by atoms with E-state index < -0.39 is 0 Å². The van der Waals surface area contributed by atoms with Gasteiger partial charge in [-0.15, -0.1) is 10.2 Å². The second-order valence-corrected chi connectivity index (χ2v) is 8.47. The van der Waals surface area contributed by atoms with Crippen molar-refractivity contribution >= 4 is 17.7 Å². The second kappa shape index (κ2) is 9.96. The molecule has 3 aromatic rings. The van der Waals surface area contributed by atoms with Crippen LogP contribution in [0.4, 0.5) is 0 Å². The van der Waals surface area contributed by atoms with Gasteiger partial charge in [0.05, 0.1) is 12.4 Å². The van der Waals surface area contributed by atoms with Gasteiger partial charge in [-0.25, -0.2) is 0 Å². The summed E-state index contributed by atoms with van der Waals surface area (Å²) in [6.45, 7) is 5.55. The number of hydrogen-bond donors (Lipinski definition) is 0. The molecule has 3 heterocycles. The summed E-state index contributed by atoms with van der Waals surface area (Å²) in [6, 6.07) is 12.0. The van der Waals surface area contributed by atoms with E-state index >= 15 is 0 Å². The summed E-state index contributed by atoms with van der Waals surface area (Å²) in [4.78, 5) is 19.1. The van der Waals surface area contributed by atoms with Crippen LogP contribution in [0.5, 0.6) is 5.75 Å². The Balaban J connectivity index is 1.61. The molecular weight excluding hydrogens is 410 g/mol. The molecule has 1 aliphatic rings. The van der Waals surface area contributed by atoms with Crippen LogP contribution in [0.3, 0.4) is 0 Å². The number of carbonyl (C=O) groups is 1. The van der Waals surface area contributed by atoms with Crippen molar-refractivity contribution in [2.24, 2.45) is 0 Å². The van der Waals surface area contributed by atoms with Crippen LogP contribution < -0.4 is 4.74 Å². The molecule has 7 nitrogen and oxygen atoms in total. The minimum absolute atomic E-state index is 0.154. The normalized spacial score (nSPS) is 16.3. The molecule has 0 unspecified atom stereocenters. The first-order chi connectivity index (χ1) is 15.2. The van der Waals surface area contributed by atoms with Crippen molar-refractivity contribution in [3.05, 3.63) is 48.8 Å². The number of nitrogens with zero attached hydrogens (tertiary/aromatic N) is 5. The predicted octanol–water partition coefficient (Wildman–Crippen LogP) is 4.22. The maximum Gasteiger partial charge on any atom is 0.233 e.